The van der Waals surface area contributed by atoms with Crippen LogP contribution >= 0.6 is 11.6 Å². The molecule has 1 amide bonds. The van der Waals surface area contributed by atoms with Gasteiger partial charge in [0.1, 0.15) is 5.75 Å². The van der Waals surface area contributed by atoms with Gasteiger partial charge >= 0.3 is 0 Å². The molecule has 21 heavy (non-hydrogen) atoms. The zero-order valence-electron chi connectivity index (χ0n) is 11.8. The number of ether oxygens (including phenoxy) is 1. The molecule has 0 spiro atoms. The highest BCUT2D eigenvalue weighted by atomic mass is 35.5. The molecular weight excluding hydrogens is 288 g/mol. The van der Waals surface area contributed by atoms with Gasteiger partial charge < -0.3 is 4.74 Å². The molecule has 0 radical (unpaired) electrons. The second-order valence-electron chi connectivity index (χ2n) is 4.46. The van der Waals surface area contributed by atoms with Gasteiger partial charge in [0.15, 0.2) is 0 Å². The number of carbonyl (C=O) groups is 1. The van der Waals surface area contributed by atoms with E-state index in [9.17, 15) is 4.79 Å². The first-order valence-corrected chi connectivity index (χ1v) is 6.71. The number of aryl methyl sites for hydroxylation is 1. The van der Waals surface area contributed by atoms with Crippen LogP contribution in [0.15, 0.2) is 47.6 Å². The lowest BCUT2D eigenvalue weighted by molar-refractivity contribution is 0.0955. The summed E-state index contributed by atoms with van der Waals surface area (Å²) in [6.45, 7) is 1.91. The topological polar surface area (TPSA) is 50.7 Å². The first kappa shape index (κ1) is 15.1. The molecule has 4 nitrogen and oxygen atoms in total. The molecule has 2 aromatic carbocycles. The van der Waals surface area contributed by atoms with Crippen molar-refractivity contribution in [1.29, 1.82) is 0 Å². The Hall–Kier alpha value is -2.33. The average molecular weight is 303 g/mol. The van der Waals surface area contributed by atoms with Crippen LogP contribution in [0.25, 0.3) is 0 Å². The third-order valence-electron chi connectivity index (χ3n) is 2.86. The number of carbonyl (C=O) groups excluding carboxylic acids is 1. The quantitative estimate of drug-likeness (QED) is 0.695. The Morgan fingerprint density at radius 2 is 1.95 bits per heavy atom. The zero-order chi connectivity index (χ0) is 15.2. The van der Waals surface area contributed by atoms with Crippen molar-refractivity contribution in [3.8, 4) is 5.75 Å². The van der Waals surface area contributed by atoms with E-state index in [1.165, 1.54) is 0 Å². The number of nitrogens with one attached hydrogen (secondary N) is 1. The molecule has 0 aliphatic carbocycles. The fourth-order valence-corrected chi connectivity index (χ4v) is 2.04. The van der Waals surface area contributed by atoms with E-state index in [2.05, 4.69) is 10.5 Å². The first-order valence-electron chi connectivity index (χ1n) is 6.34. The van der Waals surface area contributed by atoms with Gasteiger partial charge in [0.2, 0.25) is 0 Å². The molecule has 0 aromatic heterocycles. The number of amides is 1. The number of hydrogen-bond acceptors (Lipinski definition) is 3. The molecule has 2 rings (SSSR count). The van der Waals surface area contributed by atoms with Crippen molar-refractivity contribution in [3.05, 3.63) is 64.2 Å². The van der Waals surface area contributed by atoms with E-state index >= 15 is 0 Å². The number of benzene rings is 2. The third-order valence-corrected chi connectivity index (χ3v) is 3.18. The van der Waals surface area contributed by atoms with Crippen LogP contribution in [-0.2, 0) is 0 Å². The molecule has 0 bridgehead atoms. The molecule has 2 aromatic rings. The van der Waals surface area contributed by atoms with E-state index in [0.717, 1.165) is 16.9 Å². The molecule has 0 unspecified atom stereocenters. The Labute approximate surface area is 128 Å². The maximum absolute atomic E-state index is 11.9. The number of methoxy groups -OCH3 is 1. The molecule has 0 heterocycles. The summed E-state index contributed by atoms with van der Waals surface area (Å²) in [5.41, 5.74) is 4.70. The largest absolute Gasteiger partial charge is 0.497 e. The normalized spacial score (nSPS) is 10.6. The number of hydrogen-bond donors (Lipinski definition) is 1. The summed E-state index contributed by atoms with van der Waals surface area (Å²) in [4.78, 5) is 11.9. The Bertz CT molecular complexity index is 666. The maximum atomic E-state index is 11.9. The van der Waals surface area contributed by atoms with Gasteiger partial charge in [-0.25, -0.2) is 5.43 Å². The van der Waals surface area contributed by atoms with Crippen LogP contribution in [0.4, 0.5) is 0 Å². The van der Waals surface area contributed by atoms with E-state index in [1.54, 1.807) is 25.5 Å². The van der Waals surface area contributed by atoms with E-state index in [4.69, 9.17) is 16.3 Å². The van der Waals surface area contributed by atoms with Crippen molar-refractivity contribution in [2.24, 2.45) is 5.10 Å². The first-order chi connectivity index (χ1) is 10.1. The van der Waals surface area contributed by atoms with Crippen molar-refractivity contribution < 1.29 is 9.53 Å². The van der Waals surface area contributed by atoms with Gasteiger partial charge in [0.05, 0.1) is 23.9 Å². The van der Waals surface area contributed by atoms with Gasteiger partial charge in [-0.2, -0.15) is 5.10 Å². The van der Waals surface area contributed by atoms with Crippen LogP contribution < -0.4 is 10.2 Å². The molecule has 0 aliphatic rings. The average Bonchev–Trinajstić information content (AvgIpc) is 2.47. The van der Waals surface area contributed by atoms with Crippen molar-refractivity contribution in [2.45, 2.75) is 6.92 Å². The second-order valence-corrected chi connectivity index (χ2v) is 4.86. The highest BCUT2D eigenvalue weighted by molar-refractivity contribution is 6.33. The third kappa shape index (κ3) is 4.07. The minimum atomic E-state index is -0.343. The SMILES string of the molecule is COc1ccc(/C=N\NC(=O)c2ccc(C)cc2Cl)cc1. The molecule has 0 saturated carbocycles. The summed E-state index contributed by atoms with van der Waals surface area (Å²) in [5.74, 6) is 0.424. The Balaban J connectivity index is 2.01. The minimum Gasteiger partial charge on any atom is -0.497 e. The maximum Gasteiger partial charge on any atom is 0.272 e. The summed E-state index contributed by atoms with van der Waals surface area (Å²) in [6, 6.07) is 12.6. The summed E-state index contributed by atoms with van der Waals surface area (Å²) >= 11 is 6.03. The standard InChI is InChI=1S/C16H15ClN2O2/c1-11-3-8-14(15(17)9-11)16(20)19-18-10-12-4-6-13(21-2)7-5-12/h3-10H,1-2H3,(H,19,20)/b18-10-. The Morgan fingerprint density at radius 3 is 2.57 bits per heavy atom. The molecule has 5 heteroatoms. The van der Waals surface area contributed by atoms with Crippen molar-refractivity contribution in [2.75, 3.05) is 7.11 Å². The molecule has 0 atom stereocenters. The number of halogens is 1. The van der Waals surface area contributed by atoms with Gasteiger partial charge in [-0.3, -0.25) is 4.79 Å². The number of rotatable bonds is 4. The summed E-state index contributed by atoms with van der Waals surface area (Å²) in [7, 11) is 1.61. The van der Waals surface area contributed by atoms with Gasteiger partial charge in [-0.05, 0) is 54.4 Å². The molecule has 0 aliphatic heterocycles. The van der Waals surface area contributed by atoms with Crippen molar-refractivity contribution >= 4 is 23.7 Å². The zero-order valence-corrected chi connectivity index (χ0v) is 12.5. The predicted octanol–water partition coefficient (Wildman–Crippen LogP) is 3.42. The van der Waals surface area contributed by atoms with E-state index < -0.39 is 0 Å². The smallest absolute Gasteiger partial charge is 0.272 e. The van der Waals surface area contributed by atoms with E-state index in [-0.39, 0.29) is 5.91 Å². The fraction of sp³-hybridized carbons (Fsp3) is 0.125. The van der Waals surface area contributed by atoms with E-state index in [0.29, 0.717) is 10.6 Å². The van der Waals surface area contributed by atoms with Crippen molar-refractivity contribution in [1.82, 2.24) is 5.43 Å². The van der Waals surface area contributed by atoms with Crippen LogP contribution in [0.2, 0.25) is 5.02 Å². The number of nitrogens with zero attached hydrogens (tertiary/aromatic N) is 1. The molecule has 0 fully saturated rings. The van der Waals surface area contributed by atoms with Gasteiger partial charge in [0, 0.05) is 0 Å². The monoisotopic (exact) mass is 302 g/mol. The summed E-state index contributed by atoms with van der Waals surface area (Å²) in [5, 5.41) is 4.32. The highest BCUT2D eigenvalue weighted by Gasteiger charge is 2.08. The minimum absolute atomic E-state index is 0.343. The van der Waals surface area contributed by atoms with Gasteiger partial charge in [-0.1, -0.05) is 17.7 Å². The molecule has 0 saturated heterocycles. The van der Waals surface area contributed by atoms with Gasteiger partial charge in [-0.15, -0.1) is 0 Å². The summed E-state index contributed by atoms with van der Waals surface area (Å²) < 4.78 is 5.06. The molecule has 1 N–H and O–H groups in total. The van der Waals surface area contributed by atoms with Crippen LogP contribution in [0.5, 0.6) is 5.75 Å². The van der Waals surface area contributed by atoms with Crippen LogP contribution in [-0.4, -0.2) is 19.2 Å². The molecule has 108 valence electrons. The van der Waals surface area contributed by atoms with Crippen LogP contribution in [0.3, 0.4) is 0 Å². The van der Waals surface area contributed by atoms with Crippen molar-refractivity contribution in [3.63, 3.8) is 0 Å². The lowest BCUT2D eigenvalue weighted by Crippen LogP contribution is -2.18. The summed E-state index contributed by atoms with van der Waals surface area (Å²) in [6.07, 6.45) is 1.55. The lowest BCUT2D eigenvalue weighted by Gasteiger charge is -2.03. The lowest BCUT2D eigenvalue weighted by atomic mass is 10.1. The Kier molecular flexibility index (Phi) is 4.95. The highest BCUT2D eigenvalue weighted by Crippen LogP contribution is 2.17. The number of hydrazone groups is 1. The molecular formula is C16H15ClN2O2. The predicted molar refractivity (Wildman–Crippen MR) is 84.2 cm³/mol. The Morgan fingerprint density at radius 1 is 1.24 bits per heavy atom. The van der Waals surface area contributed by atoms with Crippen LogP contribution in [0.1, 0.15) is 21.5 Å². The van der Waals surface area contributed by atoms with Gasteiger partial charge in [0.25, 0.3) is 5.91 Å². The second kappa shape index (κ2) is 6.90. The van der Waals surface area contributed by atoms with E-state index in [1.807, 2.05) is 37.3 Å². The van der Waals surface area contributed by atoms with Crippen LogP contribution in [0, 0.1) is 6.92 Å². The fourth-order valence-electron chi connectivity index (χ4n) is 1.72.